The van der Waals surface area contributed by atoms with Crippen LogP contribution in [0.5, 0.6) is 0 Å². The van der Waals surface area contributed by atoms with Crippen molar-refractivity contribution in [2.45, 2.75) is 23.8 Å². The van der Waals surface area contributed by atoms with E-state index in [1.54, 1.807) is 24.3 Å². The second-order valence-electron chi connectivity index (χ2n) is 5.82. The predicted octanol–water partition coefficient (Wildman–Crippen LogP) is 0.220. The van der Waals surface area contributed by atoms with Gasteiger partial charge in [-0.25, -0.2) is 20.0 Å². The Morgan fingerprint density at radius 2 is 1.92 bits per heavy atom. The zero-order chi connectivity index (χ0) is 19.6. The summed E-state index contributed by atoms with van der Waals surface area (Å²) in [7, 11) is 2.11. The fourth-order valence-electron chi connectivity index (χ4n) is 3.08. The van der Waals surface area contributed by atoms with Gasteiger partial charge in [0.1, 0.15) is 11.6 Å². The Morgan fingerprint density at radius 1 is 1.31 bits per heavy atom. The second kappa shape index (κ2) is 7.55. The Hall–Kier alpha value is -2.26. The standard InChI is InChI=1S/C17H18ClNO7/c1-9(19(23)24)13-11-7-5-4-6-10(11)8-12(15(21)25-2)14(20)17(13,18)16(22)26-3/h4-9,13,19,23H,1-3H3/t9-,13-,17+/m1/s1. The lowest BCUT2D eigenvalue weighted by atomic mass is 9.77. The van der Waals surface area contributed by atoms with Crippen LogP contribution >= 0.6 is 11.6 Å². The van der Waals surface area contributed by atoms with Gasteiger partial charge >= 0.3 is 11.9 Å². The van der Waals surface area contributed by atoms with Crippen molar-refractivity contribution < 1.29 is 34.3 Å². The average Bonchev–Trinajstić information content (AvgIpc) is 2.73. The lowest BCUT2D eigenvalue weighted by Gasteiger charge is -2.36. The first kappa shape index (κ1) is 20.1. The number of rotatable bonds is 4. The van der Waals surface area contributed by atoms with E-state index in [-0.39, 0.29) is 0 Å². The molecule has 1 aliphatic carbocycles. The minimum absolute atomic E-state index is 0.343. The molecule has 0 saturated heterocycles. The Bertz CT molecular complexity index is 776. The predicted molar refractivity (Wildman–Crippen MR) is 90.4 cm³/mol. The van der Waals surface area contributed by atoms with Crippen LogP contribution in [0.15, 0.2) is 29.8 Å². The summed E-state index contributed by atoms with van der Waals surface area (Å²) in [5.41, 5.74) is 0.279. The van der Waals surface area contributed by atoms with Gasteiger partial charge in [0, 0.05) is 0 Å². The van der Waals surface area contributed by atoms with E-state index in [1.165, 1.54) is 13.0 Å². The first-order valence-electron chi connectivity index (χ1n) is 7.64. The van der Waals surface area contributed by atoms with Crippen LogP contribution in [0.1, 0.15) is 24.0 Å². The van der Waals surface area contributed by atoms with E-state index in [2.05, 4.69) is 4.74 Å². The minimum Gasteiger partial charge on any atom is -0.600 e. The van der Waals surface area contributed by atoms with Gasteiger partial charge in [0.05, 0.1) is 20.1 Å². The molecule has 26 heavy (non-hydrogen) atoms. The molecule has 2 rings (SSSR count). The molecule has 1 aromatic carbocycles. The number of alkyl halides is 1. The Labute approximate surface area is 154 Å². The number of halogens is 1. The quantitative estimate of drug-likeness (QED) is 0.251. The Balaban J connectivity index is 2.86. The van der Waals surface area contributed by atoms with E-state index in [0.29, 0.717) is 11.1 Å². The normalized spacial score (nSPS) is 24.6. The summed E-state index contributed by atoms with van der Waals surface area (Å²) in [5.74, 6) is -4.46. The molecule has 0 saturated carbocycles. The molecule has 0 bridgehead atoms. The van der Waals surface area contributed by atoms with E-state index >= 15 is 0 Å². The largest absolute Gasteiger partial charge is 0.600 e. The summed E-state index contributed by atoms with van der Waals surface area (Å²) in [6.45, 7) is 1.33. The number of nitrogens with one attached hydrogen (secondary N) is 1. The molecular formula is C17H18ClNO7. The summed E-state index contributed by atoms with van der Waals surface area (Å²) < 4.78 is 9.32. The molecule has 9 heteroatoms. The smallest absolute Gasteiger partial charge is 0.341 e. The monoisotopic (exact) mass is 383 g/mol. The lowest BCUT2D eigenvalue weighted by molar-refractivity contribution is -1.07. The van der Waals surface area contributed by atoms with Crippen molar-refractivity contribution in [1.29, 1.82) is 0 Å². The van der Waals surface area contributed by atoms with Gasteiger partial charge in [0.25, 0.3) is 0 Å². The van der Waals surface area contributed by atoms with Crippen LogP contribution < -0.4 is 5.23 Å². The van der Waals surface area contributed by atoms with E-state index in [4.69, 9.17) is 16.3 Å². The van der Waals surface area contributed by atoms with Crippen LogP contribution in [0.2, 0.25) is 0 Å². The van der Waals surface area contributed by atoms with Crippen LogP contribution in [0, 0.1) is 5.21 Å². The second-order valence-corrected chi connectivity index (χ2v) is 6.41. The topological polar surface area (TPSA) is 117 Å². The molecule has 0 amide bonds. The highest BCUT2D eigenvalue weighted by molar-refractivity contribution is 6.51. The van der Waals surface area contributed by atoms with Crippen molar-refractivity contribution >= 4 is 35.4 Å². The number of hydrogen-bond donors (Lipinski definition) is 2. The van der Waals surface area contributed by atoms with Crippen molar-refractivity contribution in [3.8, 4) is 0 Å². The number of hydrogen-bond acceptors (Lipinski definition) is 7. The first-order chi connectivity index (χ1) is 12.2. The van der Waals surface area contributed by atoms with Crippen molar-refractivity contribution in [1.82, 2.24) is 0 Å². The number of esters is 2. The molecule has 2 N–H and O–H groups in total. The van der Waals surface area contributed by atoms with Gasteiger partial charge in [-0.1, -0.05) is 35.9 Å². The highest BCUT2D eigenvalue weighted by Crippen LogP contribution is 2.44. The first-order valence-corrected chi connectivity index (χ1v) is 8.01. The number of carbonyl (C=O) groups is 3. The highest BCUT2D eigenvalue weighted by atomic mass is 35.5. The van der Waals surface area contributed by atoms with E-state index in [1.807, 2.05) is 0 Å². The van der Waals surface area contributed by atoms with Gasteiger partial charge in [-0.05, 0) is 24.1 Å². The maximum Gasteiger partial charge on any atom is 0.341 e. The summed E-state index contributed by atoms with van der Waals surface area (Å²) in [6, 6.07) is 5.20. The number of ketones is 1. The third-order valence-electron chi connectivity index (χ3n) is 4.41. The van der Waals surface area contributed by atoms with E-state index in [9.17, 15) is 24.8 Å². The van der Waals surface area contributed by atoms with Crippen molar-refractivity contribution in [3.63, 3.8) is 0 Å². The molecule has 1 aromatic rings. The number of hydroxylamine groups is 2. The van der Waals surface area contributed by atoms with E-state index < -0.39 is 45.4 Å². The third kappa shape index (κ3) is 3.12. The molecule has 0 fully saturated rings. The number of fused-ring (bicyclic) bond motifs is 1. The lowest BCUT2D eigenvalue weighted by Crippen LogP contribution is -3.09. The van der Waals surface area contributed by atoms with E-state index in [0.717, 1.165) is 14.2 Å². The van der Waals surface area contributed by atoms with Gasteiger partial charge in [0.2, 0.25) is 10.7 Å². The van der Waals surface area contributed by atoms with Gasteiger partial charge in [-0.15, -0.1) is 0 Å². The molecule has 0 radical (unpaired) electrons. The van der Waals surface area contributed by atoms with Gasteiger partial charge in [0.15, 0.2) is 0 Å². The Kier molecular flexibility index (Phi) is 5.82. The molecule has 8 nitrogen and oxygen atoms in total. The van der Waals surface area contributed by atoms with Crippen molar-refractivity contribution in [2.75, 3.05) is 14.2 Å². The fourth-order valence-corrected chi connectivity index (χ4v) is 3.57. The number of carbonyl (C=O) groups excluding carboxylic acids is 3. The van der Waals surface area contributed by atoms with Gasteiger partial charge in [-0.3, -0.25) is 4.79 Å². The van der Waals surface area contributed by atoms with Crippen LogP contribution in [-0.2, 0) is 23.9 Å². The maximum absolute atomic E-state index is 13.1. The minimum atomic E-state index is -2.43. The highest BCUT2D eigenvalue weighted by Gasteiger charge is 2.59. The van der Waals surface area contributed by atoms with Gasteiger partial charge in [-0.2, -0.15) is 0 Å². The van der Waals surface area contributed by atoms with Crippen LogP contribution in [0.4, 0.5) is 0 Å². The third-order valence-corrected chi connectivity index (χ3v) is 4.97. The zero-order valence-electron chi connectivity index (χ0n) is 14.3. The van der Waals surface area contributed by atoms with Crippen LogP contribution in [-0.4, -0.2) is 48.1 Å². The van der Waals surface area contributed by atoms with Crippen molar-refractivity contribution in [3.05, 3.63) is 46.2 Å². The molecule has 0 heterocycles. The zero-order valence-corrected chi connectivity index (χ0v) is 15.1. The molecule has 0 spiro atoms. The summed E-state index contributed by atoms with van der Waals surface area (Å²) in [4.78, 5) is 35.3. The molecule has 4 atom stereocenters. The summed E-state index contributed by atoms with van der Waals surface area (Å²) in [5, 5.41) is 19.9. The molecule has 1 aliphatic rings. The van der Waals surface area contributed by atoms with Gasteiger partial charge < -0.3 is 14.7 Å². The van der Waals surface area contributed by atoms with Crippen LogP contribution in [0.25, 0.3) is 6.08 Å². The molecule has 140 valence electrons. The number of benzene rings is 1. The van der Waals surface area contributed by atoms with Crippen LogP contribution in [0.3, 0.4) is 0 Å². The SMILES string of the molecule is COC(=O)C1=Cc2ccccc2[C@@H]([C@@H](C)[NH+]([O-])O)[C@@](Cl)(C(=O)OC)C1=O. The molecule has 0 aromatic heterocycles. The number of quaternary nitrogens is 1. The molecular weight excluding hydrogens is 366 g/mol. The number of ether oxygens (including phenoxy) is 2. The average molecular weight is 384 g/mol. The maximum atomic E-state index is 13.1. The fraction of sp³-hybridized carbons (Fsp3) is 0.353. The Morgan fingerprint density at radius 3 is 2.46 bits per heavy atom. The number of Topliss-reactive ketones (excluding diaryl/α,β-unsaturated/α-hetero) is 1. The van der Waals surface area contributed by atoms with Crippen molar-refractivity contribution in [2.24, 2.45) is 0 Å². The summed E-state index contributed by atoms with van der Waals surface area (Å²) >= 11 is 6.47. The molecule has 1 unspecified atom stereocenters. The summed E-state index contributed by atoms with van der Waals surface area (Å²) in [6.07, 6.45) is 1.25. The number of methoxy groups -OCH3 is 2. The molecule has 0 aliphatic heterocycles.